The third kappa shape index (κ3) is 5.95. The molecule has 0 saturated carbocycles. The number of aldehydes is 1. The van der Waals surface area contributed by atoms with Crippen molar-refractivity contribution in [3.05, 3.63) is 83.4 Å². The number of aryl methyl sites for hydroxylation is 1. The Bertz CT molecular complexity index is 1130. The largest absolute Gasteiger partial charge is 0.490 e. The van der Waals surface area contributed by atoms with E-state index in [2.05, 4.69) is 10.6 Å². The van der Waals surface area contributed by atoms with Crippen LogP contribution in [0.1, 0.15) is 33.2 Å². The van der Waals surface area contributed by atoms with E-state index < -0.39 is 5.91 Å². The zero-order valence-electron chi connectivity index (χ0n) is 17.9. The summed E-state index contributed by atoms with van der Waals surface area (Å²) in [7, 11) is 0. The average Bonchev–Trinajstić information content (AvgIpc) is 2.78. The predicted octanol–water partition coefficient (Wildman–Crippen LogP) is 4.48. The van der Waals surface area contributed by atoms with Crippen LogP contribution in [0.25, 0.3) is 0 Å². The number of carbonyl (C=O) groups excluding carboxylic acids is 3. The normalized spacial score (nSPS) is 10.2. The third-order valence-corrected chi connectivity index (χ3v) is 4.48. The van der Waals surface area contributed by atoms with Crippen LogP contribution in [0.15, 0.2) is 66.7 Å². The van der Waals surface area contributed by atoms with E-state index in [1.54, 1.807) is 48.5 Å². The summed E-state index contributed by atoms with van der Waals surface area (Å²) in [5.74, 6) is -0.0564. The Labute approximate surface area is 186 Å². The first-order valence-electron chi connectivity index (χ1n) is 10.1. The second-order valence-corrected chi connectivity index (χ2v) is 6.96. The second-order valence-electron chi connectivity index (χ2n) is 6.96. The van der Waals surface area contributed by atoms with Gasteiger partial charge in [-0.3, -0.25) is 14.4 Å². The summed E-state index contributed by atoms with van der Waals surface area (Å²) >= 11 is 0. The first-order valence-corrected chi connectivity index (χ1v) is 10.1. The fraction of sp³-hybridized carbons (Fsp3) is 0.160. The first kappa shape index (κ1) is 22.6. The number of anilines is 2. The van der Waals surface area contributed by atoms with Crippen LogP contribution >= 0.6 is 0 Å². The van der Waals surface area contributed by atoms with E-state index in [0.29, 0.717) is 46.9 Å². The molecule has 0 spiro atoms. The molecule has 3 aromatic carbocycles. The van der Waals surface area contributed by atoms with Gasteiger partial charge in [0.25, 0.3) is 11.8 Å². The molecule has 0 aliphatic carbocycles. The van der Waals surface area contributed by atoms with Crippen molar-refractivity contribution in [1.82, 2.24) is 0 Å². The Hall–Kier alpha value is -4.13. The number of rotatable bonds is 9. The molecule has 2 amide bonds. The van der Waals surface area contributed by atoms with Gasteiger partial charge >= 0.3 is 0 Å². The molecule has 7 nitrogen and oxygen atoms in total. The van der Waals surface area contributed by atoms with Gasteiger partial charge in [-0.1, -0.05) is 24.3 Å². The Balaban J connectivity index is 1.67. The molecule has 0 heterocycles. The molecular weight excluding hydrogens is 408 g/mol. The number of nitrogens with one attached hydrogen (secondary N) is 2. The van der Waals surface area contributed by atoms with Crippen LogP contribution in [0.3, 0.4) is 0 Å². The van der Waals surface area contributed by atoms with Crippen LogP contribution < -0.4 is 20.1 Å². The summed E-state index contributed by atoms with van der Waals surface area (Å²) in [6.45, 7) is 3.83. The summed E-state index contributed by atoms with van der Waals surface area (Å²) in [5.41, 5.74) is 2.83. The molecule has 0 aliphatic heterocycles. The number of benzene rings is 3. The van der Waals surface area contributed by atoms with Crippen molar-refractivity contribution in [3.8, 4) is 11.5 Å². The van der Waals surface area contributed by atoms with Crippen molar-refractivity contribution in [1.29, 1.82) is 0 Å². The maximum atomic E-state index is 12.7. The van der Waals surface area contributed by atoms with E-state index >= 15 is 0 Å². The maximum absolute atomic E-state index is 12.7. The molecule has 0 radical (unpaired) electrons. The van der Waals surface area contributed by atoms with Crippen LogP contribution in [0.2, 0.25) is 0 Å². The molecule has 164 valence electrons. The van der Waals surface area contributed by atoms with Gasteiger partial charge in [0.05, 0.1) is 17.9 Å². The lowest BCUT2D eigenvalue weighted by Gasteiger charge is -2.14. The lowest BCUT2D eigenvalue weighted by Crippen LogP contribution is -2.23. The number of ether oxygens (including phenoxy) is 2. The number of hydrogen-bond donors (Lipinski definition) is 2. The minimum atomic E-state index is -0.442. The van der Waals surface area contributed by atoms with Crippen molar-refractivity contribution >= 4 is 29.5 Å². The molecule has 3 aromatic rings. The summed E-state index contributed by atoms with van der Waals surface area (Å²) in [5, 5.41) is 5.55. The molecule has 0 fully saturated rings. The molecule has 0 unspecified atom stereocenters. The Morgan fingerprint density at radius 3 is 2.47 bits per heavy atom. The van der Waals surface area contributed by atoms with Crippen LogP contribution in [0.4, 0.5) is 11.4 Å². The van der Waals surface area contributed by atoms with E-state index in [9.17, 15) is 14.4 Å². The highest BCUT2D eigenvalue weighted by molar-refractivity contribution is 6.10. The predicted molar refractivity (Wildman–Crippen MR) is 123 cm³/mol. The van der Waals surface area contributed by atoms with Crippen molar-refractivity contribution in [2.75, 3.05) is 23.8 Å². The highest BCUT2D eigenvalue weighted by Crippen LogP contribution is 2.28. The van der Waals surface area contributed by atoms with E-state index in [1.807, 2.05) is 32.0 Å². The molecular formula is C25H24N2O5. The van der Waals surface area contributed by atoms with Crippen molar-refractivity contribution in [3.63, 3.8) is 0 Å². The van der Waals surface area contributed by atoms with Crippen molar-refractivity contribution < 1.29 is 23.9 Å². The molecule has 0 atom stereocenters. The number of hydrogen-bond acceptors (Lipinski definition) is 5. The van der Waals surface area contributed by atoms with Crippen LogP contribution in [-0.4, -0.2) is 31.3 Å². The van der Waals surface area contributed by atoms with Gasteiger partial charge in [0.15, 0.2) is 18.1 Å². The molecule has 2 N–H and O–H groups in total. The lowest BCUT2D eigenvalue weighted by atomic mass is 10.1. The monoisotopic (exact) mass is 432 g/mol. The van der Waals surface area contributed by atoms with Crippen molar-refractivity contribution in [2.24, 2.45) is 0 Å². The smallest absolute Gasteiger partial charge is 0.262 e. The van der Waals surface area contributed by atoms with Gasteiger partial charge < -0.3 is 20.1 Å². The molecule has 32 heavy (non-hydrogen) atoms. The maximum Gasteiger partial charge on any atom is 0.262 e. The van der Waals surface area contributed by atoms with E-state index in [0.717, 1.165) is 5.56 Å². The molecule has 7 heteroatoms. The number of para-hydroxylation sites is 1. The van der Waals surface area contributed by atoms with Crippen LogP contribution in [-0.2, 0) is 4.79 Å². The van der Waals surface area contributed by atoms with Gasteiger partial charge in [0, 0.05) is 11.3 Å². The van der Waals surface area contributed by atoms with E-state index in [4.69, 9.17) is 9.47 Å². The average molecular weight is 432 g/mol. The second kappa shape index (κ2) is 10.8. The number of amides is 2. The highest BCUT2D eigenvalue weighted by Gasteiger charge is 2.15. The Kier molecular flexibility index (Phi) is 7.59. The standard InChI is InChI=1S/C25H24N2O5/c1-3-31-23-14-18(15-28)11-12-22(23)32-16-24(29)27-21-10-5-4-9-20(21)25(30)26-19-8-6-7-17(2)13-19/h4-15H,3,16H2,1-2H3,(H,26,30)(H,27,29). The Morgan fingerprint density at radius 2 is 1.72 bits per heavy atom. The summed E-state index contributed by atoms with van der Waals surface area (Å²) < 4.78 is 11.1. The SMILES string of the molecule is CCOc1cc(C=O)ccc1OCC(=O)Nc1ccccc1C(=O)Nc1cccc(C)c1. The highest BCUT2D eigenvalue weighted by atomic mass is 16.5. The van der Waals surface area contributed by atoms with Gasteiger partial charge in [-0.2, -0.15) is 0 Å². The third-order valence-electron chi connectivity index (χ3n) is 4.48. The van der Waals surface area contributed by atoms with Crippen molar-refractivity contribution in [2.45, 2.75) is 13.8 Å². The van der Waals surface area contributed by atoms with Gasteiger partial charge in [0.2, 0.25) is 0 Å². The Morgan fingerprint density at radius 1 is 0.906 bits per heavy atom. The summed E-state index contributed by atoms with van der Waals surface area (Å²) in [4.78, 5) is 36.2. The van der Waals surface area contributed by atoms with Crippen LogP contribution in [0.5, 0.6) is 11.5 Å². The van der Waals surface area contributed by atoms with E-state index in [1.165, 1.54) is 0 Å². The quantitative estimate of drug-likeness (QED) is 0.487. The van der Waals surface area contributed by atoms with Crippen LogP contribution in [0, 0.1) is 6.92 Å². The van der Waals surface area contributed by atoms with Gasteiger partial charge in [-0.05, 0) is 61.9 Å². The zero-order valence-corrected chi connectivity index (χ0v) is 17.9. The summed E-state index contributed by atoms with van der Waals surface area (Å²) in [6.07, 6.45) is 0.706. The topological polar surface area (TPSA) is 93.7 Å². The summed E-state index contributed by atoms with van der Waals surface area (Å²) in [6, 6.07) is 18.9. The molecule has 3 rings (SSSR count). The van der Waals surface area contributed by atoms with E-state index in [-0.39, 0.29) is 12.5 Å². The first-order chi connectivity index (χ1) is 15.5. The minimum absolute atomic E-state index is 0.297. The van der Waals surface area contributed by atoms with Gasteiger partial charge in [-0.15, -0.1) is 0 Å². The number of carbonyl (C=O) groups is 3. The molecule has 0 saturated heterocycles. The zero-order chi connectivity index (χ0) is 22.9. The lowest BCUT2D eigenvalue weighted by molar-refractivity contribution is -0.118. The molecule has 0 aromatic heterocycles. The fourth-order valence-corrected chi connectivity index (χ4v) is 3.03. The molecule has 0 aliphatic rings. The van der Waals surface area contributed by atoms with Gasteiger partial charge in [0.1, 0.15) is 6.29 Å². The minimum Gasteiger partial charge on any atom is -0.490 e. The molecule has 0 bridgehead atoms. The fourth-order valence-electron chi connectivity index (χ4n) is 3.03. The van der Waals surface area contributed by atoms with Gasteiger partial charge in [-0.25, -0.2) is 0 Å².